The maximum Gasteiger partial charge on any atom is 0.261 e. The Balaban J connectivity index is 1.79. The minimum absolute atomic E-state index is 0.218. The molecule has 1 aliphatic heterocycles. The van der Waals surface area contributed by atoms with Gasteiger partial charge in [-0.3, -0.25) is 14.5 Å². The van der Waals surface area contributed by atoms with Crippen molar-refractivity contribution in [1.82, 2.24) is 4.90 Å². The largest absolute Gasteiger partial charge is 0.375 e. The lowest BCUT2D eigenvalue weighted by Crippen LogP contribution is -2.34. The van der Waals surface area contributed by atoms with E-state index >= 15 is 0 Å². The van der Waals surface area contributed by atoms with Gasteiger partial charge in [-0.15, -0.1) is 0 Å². The monoisotopic (exact) mass is 323 g/mol. The zero-order chi connectivity index (χ0) is 17.1. The molecule has 0 N–H and O–H groups in total. The minimum Gasteiger partial charge on any atom is -0.375 e. The number of amides is 2. The normalized spacial score (nSPS) is 14.8. The molecule has 0 aliphatic carbocycles. The Bertz CT molecular complexity index is 717. The Morgan fingerprint density at radius 3 is 2.04 bits per heavy atom. The van der Waals surface area contributed by atoms with Crippen molar-refractivity contribution in [2.75, 3.05) is 13.7 Å². The number of methoxy groups -OCH3 is 1. The second kappa shape index (κ2) is 6.97. The molecule has 2 amide bonds. The van der Waals surface area contributed by atoms with Gasteiger partial charge in [-0.1, -0.05) is 49.7 Å². The van der Waals surface area contributed by atoms with Crippen LogP contribution in [0.4, 0.5) is 0 Å². The van der Waals surface area contributed by atoms with Crippen molar-refractivity contribution >= 4 is 11.8 Å². The summed E-state index contributed by atoms with van der Waals surface area (Å²) in [6.07, 6.45) is 1.81. The topological polar surface area (TPSA) is 46.6 Å². The van der Waals surface area contributed by atoms with Gasteiger partial charge in [0.2, 0.25) is 0 Å². The van der Waals surface area contributed by atoms with Gasteiger partial charge in [0.25, 0.3) is 11.8 Å². The highest BCUT2D eigenvalue weighted by Crippen LogP contribution is 2.26. The fraction of sp³-hybridized carbons (Fsp3) is 0.300. The number of nitrogens with zero attached hydrogens (tertiary/aromatic N) is 1. The maximum absolute atomic E-state index is 12.5. The summed E-state index contributed by atoms with van der Waals surface area (Å²) in [7, 11) is 1.60. The molecule has 1 unspecified atom stereocenters. The Labute approximate surface area is 142 Å². The van der Waals surface area contributed by atoms with Crippen LogP contribution in [0.1, 0.15) is 51.3 Å². The van der Waals surface area contributed by atoms with E-state index in [2.05, 4.69) is 19.1 Å². The predicted octanol–water partition coefficient (Wildman–Crippen LogP) is 3.62. The van der Waals surface area contributed by atoms with Crippen LogP contribution in [0, 0.1) is 0 Å². The Morgan fingerprint density at radius 1 is 0.958 bits per heavy atom. The molecule has 1 heterocycles. The molecule has 0 radical (unpaired) electrons. The molecule has 1 aliphatic rings. The fourth-order valence-electron chi connectivity index (χ4n) is 3.07. The number of aryl methyl sites for hydroxylation is 1. The van der Waals surface area contributed by atoms with Crippen LogP contribution in [0.3, 0.4) is 0 Å². The van der Waals surface area contributed by atoms with Gasteiger partial charge in [-0.2, -0.15) is 0 Å². The number of fused-ring (bicyclic) bond motifs is 1. The quantitative estimate of drug-likeness (QED) is 0.763. The van der Waals surface area contributed by atoms with E-state index in [1.54, 1.807) is 31.4 Å². The Morgan fingerprint density at radius 2 is 1.54 bits per heavy atom. The van der Waals surface area contributed by atoms with E-state index in [0.717, 1.165) is 18.4 Å². The zero-order valence-corrected chi connectivity index (χ0v) is 14.0. The van der Waals surface area contributed by atoms with Gasteiger partial charge in [0.05, 0.1) is 17.7 Å². The molecule has 124 valence electrons. The van der Waals surface area contributed by atoms with E-state index in [-0.39, 0.29) is 24.5 Å². The van der Waals surface area contributed by atoms with Crippen LogP contribution < -0.4 is 0 Å². The van der Waals surface area contributed by atoms with Gasteiger partial charge in [0.1, 0.15) is 6.10 Å². The lowest BCUT2D eigenvalue weighted by atomic mass is 10.0. The summed E-state index contributed by atoms with van der Waals surface area (Å²) in [5.41, 5.74) is 3.18. The summed E-state index contributed by atoms with van der Waals surface area (Å²) < 4.78 is 5.55. The molecular weight excluding hydrogens is 302 g/mol. The third kappa shape index (κ3) is 2.97. The smallest absolute Gasteiger partial charge is 0.261 e. The molecule has 0 fully saturated rings. The van der Waals surface area contributed by atoms with Gasteiger partial charge in [-0.05, 0) is 29.7 Å². The highest BCUT2D eigenvalue weighted by molar-refractivity contribution is 6.21. The van der Waals surface area contributed by atoms with Crippen LogP contribution in [0.25, 0.3) is 0 Å². The van der Waals surface area contributed by atoms with E-state index in [1.807, 2.05) is 12.1 Å². The standard InChI is InChI=1S/C20H21NO3/c1-3-6-14-9-11-15(12-10-14)18(24-2)13-21-19(22)16-7-4-5-8-17(16)20(21)23/h4-5,7-12,18H,3,6,13H2,1-2H3. The van der Waals surface area contributed by atoms with E-state index in [4.69, 9.17) is 4.74 Å². The molecule has 24 heavy (non-hydrogen) atoms. The summed E-state index contributed by atoms with van der Waals surface area (Å²) in [6.45, 7) is 2.37. The van der Waals surface area contributed by atoms with Crippen LogP contribution in [0.5, 0.6) is 0 Å². The molecule has 4 heteroatoms. The van der Waals surface area contributed by atoms with Gasteiger partial charge in [0.15, 0.2) is 0 Å². The first-order chi connectivity index (χ1) is 11.7. The molecule has 2 aromatic rings. The summed E-state index contributed by atoms with van der Waals surface area (Å²) in [4.78, 5) is 26.2. The van der Waals surface area contributed by atoms with Crippen molar-refractivity contribution in [2.24, 2.45) is 0 Å². The van der Waals surface area contributed by atoms with E-state index in [1.165, 1.54) is 10.5 Å². The summed E-state index contributed by atoms with van der Waals surface area (Å²) in [5, 5.41) is 0. The summed E-state index contributed by atoms with van der Waals surface area (Å²) >= 11 is 0. The molecular formula is C20H21NO3. The summed E-state index contributed by atoms with van der Waals surface area (Å²) in [6, 6.07) is 15.1. The van der Waals surface area contributed by atoms with Crippen molar-refractivity contribution < 1.29 is 14.3 Å². The first kappa shape index (κ1) is 16.4. The number of ether oxygens (including phenoxy) is 1. The van der Waals surface area contributed by atoms with Crippen molar-refractivity contribution in [3.63, 3.8) is 0 Å². The first-order valence-electron chi connectivity index (χ1n) is 8.22. The Kier molecular flexibility index (Phi) is 4.76. The fourth-order valence-corrected chi connectivity index (χ4v) is 3.07. The second-order valence-corrected chi connectivity index (χ2v) is 5.98. The Hall–Kier alpha value is -2.46. The van der Waals surface area contributed by atoms with Gasteiger partial charge >= 0.3 is 0 Å². The molecule has 0 saturated heterocycles. The van der Waals surface area contributed by atoms with Crippen molar-refractivity contribution in [1.29, 1.82) is 0 Å². The van der Waals surface area contributed by atoms with Crippen LogP contribution in [0.15, 0.2) is 48.5 Å². The second-order valence-electron chi connectivity index (χ2n) is 5.98. The molecule has 3 rings (SSSR count). The average Bonchev–Trinajstić information content (AvgIpc) is 2.85. The lowest BCUT2D eigenvalue weighted by molar-refractivity contribution is 0.0438. The van der Waals surface area contributed by atoms with Gasteiger partial charge in [0, 0.05) is 7.11 Å². The molecule has 4 nitrogen and oxygen atoms in total. The van der Waals surface area contributed by atoms with E-state index < -0.39 is 0 Å². The SMILES string of the molecule is CCCc1ccc(C(CN2C(=O)c3ccccc3C2=O)OC)cc1. The average molecular weight is 323 g/mol. The number of carbonyl (C=O) groups is 2. The number of rotatable bonds is 6. The third-order valence-corrected chi connectivity index (χ3v) is 4.40. The highest BCUT2D eigenvalue weighted by atomic mass is 16.5. The maximum atomic E-state index is 12.5. The van der Waals surface area contributed by atoms with Crippen molar-refractivity contribution in [2.45, 2.75) is 25.9 Å². The van der Waals surface area contributed by atoms with E-state index in [9.17, 15) is 9.59 Å². The number of hydrogen-bond donors (Lipinski definition) is 0. The lowest BCUT2D eigenvalue weighted by Gasteiger charge is -2.22. The number of imide groups is 1. The molecule has 0 saturated carbocycles. The van der Waals surface area contributed by atoms with Crippen molar-refractivity contribution in [3.8, 4) is 0 Å². The molecule has 0 aromatic heterocycles. The van der Waals surface area contributed by atoms with Gasteiger partial charge < -0.3 is 4.74 Å². The molecule has 2 aromatic carbocycles. The number of benzene rings is 2. The first-order valence-corrected chi connectivity index (χ1v) is 8.22. The minimum atomic E-state index is -0.331. The van der Waals surface area contributed by atoms with Crippen LogP contribution >= 0.6 is 0 Å². The highest BCUT2D eigenvalue weighted by Gasteiger charge is 2.36. The number of carbonyl (C=O) groups excluding carboxylic acids is 2. The van der Waals surface area contributed by atoms with E-state index in [0.29, 0.717) is 11.1 Å². The van der Waals surface area contributed by atoms with Gasteiger partial charge in [-0.25, -0.2) is 0 Å². The van der Waals surface area contributed by atoms with Crippen LogP contribution in [-0.2, 0) is 11.2 Å². The third-order valence-electron chi connectivity index (χ3n) is 4.40. The van der Waals surface area contributed by atoms with Crippen molar-refractivity contribution in [3.05, 3.63) is 70.8 Å². The molecule has 1 atom stereocenters. The molecule has 0 bridgehead atoms. The van der Waals surface area contributed by atoms with Crippen LogP contribution in [-0.4, -0.2) is 30.4 Å². The number of hydrogen-bond acceptors (Lipinski definition) is 3. The zero-order valence-electron chi connectivity index (χ0n) is 14.0. The predicted molar refractivity (Wildman–Crippen MR) is 92.0 cm³/mol. The van der Waals surface area contributed by atoms with Crippen LogP contribution in [0.2, 0.25) is 0 Å². The molecule has 0 spiro atoms. The summed E-state index contributed by atoms with van der Waals surface area (Å²) in [5.74, 6) is -0.500.